The number of hydrogen-bond donors (Lipinski definition) is 1. The third kappa shape index (κ3) is 3.24. The van der Waals surface area contributed by atoms with Crippen LogP contribution in [0.2, 0.25) is 0 Å². The number of pyridine rings is 1. The second-order valence-electron chi connectivity index (χ2n) is 4.73. The van der Waals surface area contributed by atoms with Crippen LogP contribution >= 0.6 is 0 Å². The lowest BCUT2D eigenvalue weighted by molar-refractivity contribution is 0.0322. The summed E-state index contributed by atoms with van der Waals surface area (Å²) >= 11 is 0. The Balaban J connectivity index is 1.50. The maximum Gasteiger partial charge on any atom is 0.138 e. The van der Waals surface area contributed by atoms with E-state index >= 15 is 0 Å². The van der Waals surface area contributed by atoms with Gasteiger partial charge < -0.3 is 14.8 Å². The summed E-state index contributed by atoms with van der Waals surface area (Å²) in [6.07, 6.45) is 6.70. The van der Waals surface area contributed by atoms with Gasteiger partial charge in [-0.15, -0.1) is 0 Å². The number of anilines is 1. The molecular formula is C14H19N3O2. The molecule has 0 atom stereocenters. The molecular weight excluding hydrogens is 242 g/mol. The van der Waals surface area contributed by atoms with Crippen molar-refractivity contribution >= 4 is 5.82 Å². The Morgan fingerprint density at radius 1 is 1.37 bits per heavy atom. The van der Waals surface area contributed by atoms with Gasteiger partial charge in [-0.2, -0.15) is 0 Å². The molecule has 0 unspecified atom stereocenters. The Labute approximate surface area is 113 Å². The van der Waals surface area contributed by atoms with E-state index in [2.05, 4.69) is 27.3 Å². The van der Waals surface area contributed by atoms with Gasteiger partial charge in [-0.25, -0.2) is 4.98 Å². The van der Waals surface area contributed by atoms with E-state index in [9.17, 15) is 0 Å². The van der Waals surface area contributed by atoms with Crippen molar-refractivity contribution in [3.05, 3.63) is 30.1 Å². The minimum atomic E-state index is 0.698. The maximum absolute atomic E-state index is 5.78. The summed E-state index contributed by atoms with van der Waals surface area (Å²) in [5, 5.41) is 3.13. The number of ether oxygens (including phenoxy) is 2. The van der Waals surface area contributed by atoms with Gasteiger partial charge in [-0.05, 0) is 18.7 Å². The van der Waals surface area contributed by atoms with Crippen LogP contribution in [0.1, 0.15) is 5.56 Å². The van der Waals surface area contributed by atoms with Gasteiger partial charge in [0.05, 0.1) is 19.4 Å². The van der Waals surface area contributed by atoms with Crippen LogP contribution in [0.3, 0.4) is 0 Å². The molecule has 0 aliphatic carbocycles. The molecule has 1 N–H and O–H groups in total. The second kappa shape index (κ2) is 6.04. The molecule has 3 heterocycles. The van der Waals surface area contributed by atoms with Crippen LogP contribution in [0.25, 0.3) is 0 Å². The average Bonchev–Trinajstić information content (AvgIpc) is 2.48. The molecule has 5 nitrogen and oxygen atoms in total. The van der Waals surface area contributed by atoms with Crippen LogP contribution in [-0.2, 0) is 11.2 Å². The smallest absolute Gasteiger partial charge is 0.138 e. The molecule has 1 saturated heterocycles. The highest BCUT2D eigenvalue weighted by molar-refractivity contribution is 5.52. The lowest BCUT2D eigenvalue weighted by Gasteiger charge is -2.26. The van der Waals surface area contributed by atoms with Crippen molar-refractivity contribution in [1.29, 1.82) is 0 Å². The molecule has 102 valence electrons. The van der Waals surface area contributed by atoms with Gasteiger partial charge >= 0.3 is 0 Å². The fourth-order valence-corrected chi connectivity index (χ4v) is 2.29. The zero-order valence-corrected chi connectivity index (χ0v) is 11.0. The van der Waals surface area contributed by atoms with E-state index in [-0.39, 0.29) is 0 Å². The van der Waals surface area contributed by atoms with Gasteiger partial charge in [0.2, 0.25) is 0 Å². The van der Waals surface area contributed by atoms with Crippen molar-refractivity contribution in [2.45, 2.75) is 6.42 Å². The van der Waals surface area contributed by atoms with Crippen molar-refractivity contribution < 1.29 is 9.47 Å². The van der Waals surface area contributed by atoms with E-state index in [1.54, 1.807) is 6.20 Å². The van der Waals surface area contributed by atoms with Crippen molar-refractivity contribution in [3.63, 3.8) is 0 Å². The summed E-state index contributed by atoms with van der Waals surface area (Å²) in [7, 11) is 0. The van der Waals surface area contributed by atoms with Gasteiger partial charge in [-0.1, -0.05) is 6.08 Å². The Bertz CT molecular complexity index is 456. The Hall–Kier alpha value is -1.59. The van der Waals surface area contributed by atoms with E-state index in [0.29, 0.717) is 6.61 Å². The SMILES string of the molecule is C1=CNc2ncc(OCCN3CCOCC3)cc2C1. The van der Waals surface area contributed by atoms with Crippen molar-refractivity contribution in [2.75, 3.05) is 44.8 Å². The summed E-state index contributed by atoms with van der Waals surface area (Å²) in [5.41, 5.74) is 1.19. The highest BCUT2D eigenvalue weighted by Crippen LogP contribution is 2.22. The summed E-state index contributed by atoms with van der Waals surface area (Å²) in [6.45, 7) is 5.31. The van der Waals surface area contributed by atoms with E-state index < -0.39 is 0 Å². The number of aromatic nitrogens is 1. The first-order valence-corrected chi connectivity index (χ1v) is 6.75. The van der Waals surface area contributed by atoms with Crippen molar-refractivity contribution in [2.24, 2.45) is 0 Å². The van der Waals surface area contributed by atoms with Crippen molar-refractivity contribution in [3.8, 4) is 5.75 Å². The van der Waals surface area contributed by atoms with Crippen molar-refractivity contribution in [1.82, 2.24) is 9.88 Å². The van der Waals surface area contributed by atoms with Gasteiger partial charge in [-0.3, -0.25) is 4.90 Å². The molecule has 2 aliphatic rings. The van der Waals surface area contributed by atoms with Gasteiger partial charge in [0.1, 0.15) is 18.2 Å². The largest absolute Gasteiger partial charge is 0.491 e. The third-order valence-corrected chi connectivity index (χ3v) is 3.40. The lowest BCUT2D eigenvalue weighted by Crippen LogP contribution is -2.38. The highest BCUT2D eigenvalue weighted by atomic mass is 16.5. The number of hydrogen-bond acceptors (Lipinski definition) is 5. The fraction of sp³-hybridized carbons (Fsp3) is 0.500. The molecule has 0 amide bonds. The van der Waals surface area contributed by atoms with E-state index in [1.807, 2.05) is 6.20 Å². The molecule has 0 spiro atoms. The first-order valence-electron chi connectivity index (χ1n) is 6.75. The molecule has 3 rings (SSSR count). The lowest BCUT2D eigenvalue weighted by atomic mass is 10.1. The molecule has 19 heavy (non-hydrogen) atoms. The predicted octanol–water partition coefficient (Wildman–Crippen LogP) is 1.27. The number of fused-ring (bicyclic) bond motifs is 1. The standard InChI is InChI=1S/C14H19N3O2/c1-2-12-10-13(11-16-14(12)15-3-1)19-9-6-17-4-7-18-8-5-17/h1,3,10-11H,2,4-9H2,(H,15,16). The van der Waals surface area contributed by atoms with Gasteiger partial charge in [0.25, 0.3) is 0 Å². The minimum absolute atomic E-state index is 0.698. The first kappa shape index (κ1) is 12.4. The molecule has 2 aliphatic heterocycles. The Morgan fingerprint density at radius 2 is 2.26 bits per heavy atom. The zero-order chi connectivity index (χ0) is 12.9. The summed E-state index contributed by atoms with van der Waals surface area (Å²) in [5.74, 6) is 1.78. The maximum atomic E-state index is 5.78. The molecule has 0 aromatic carbocycles. The summed E-state index contributed by atoms with van der Waals surface area (Å²) in [4.78, 5) is 6.72. The quantitative estimate of drug-likeness (QED) is 0.884. The second-order valence-corrected chi connectivity index (χ2v) is 4.73. The van der Waals surface area contributed by atoms with Crippen LogP contribution in [0.4, 0.5) is 5.82 Å². The van der Waals surface area contributed by atoms with Crippen LogP contribution in [-0.4, -0.2) is 49.3 Å². The number of morpholine rings is 1. The van der Waals surface area contributed by atoms with E-state index in [4.69, 9.17) is 9.47 Å². The number of nitrogens with one attached hydrogen (secondary N) is 1. The molecule has 5 heteroatoms. The number of allylic oxidation sites excluding steroid dienone is 1. The van der Waals surface area contributed by atoms with E-state index in [0.717, 1.165) is 50.8 Å². The molecule has 1 fully saturated rings. The highest BCUT2D eigenvalue weighted by Gasteiger charge is 2.11. The minimum Gasteiger partial charge on any atom is -0.491 e. The topological polar surface area (TPSA) is 46.6 Å². The van der Waals surface area contributed by atoms with Gasteiger partial charge in [0, 0.05) is 25.2 Å². The fourth-order valence-electron chi connectivity index (χ4n) is 2.29. The molecule has 0 bridgehead atoms. The predicted molar refractivity (Wildman–Crippen MR) is 73.5 cm³/mol. The first-order chi connectivity index (χ1) is 9.42. The summed E-state index contributed by atoms with van der Waals surface area (Å²) in [6, 6.07) is 2.07. The van der Waals surface area contributed by atoms with Crippen LogP contribution < -0.4 is 10.1 Å². The van der Waals surface area contributed by atoms with Crippen LogP contribution in [0.15, 0.2) is 24.5 Å². The van der Waals surface area contributed by atoms with Crippen LogP contribution in [0.5, 0.6) is 5.75 Å². The normalized spacial score (nSPS) is 18.7. The average molecular weight is 261 g/mol. The Kier molecular flexibility index (Phi) is 3.95. The van der Waals surface area contributed by atoms with E-state index in [1.165, 1.54) is 5.56 Å². The van der Waals surface area contributed by atoms with Gasteiger partial charge in [0.15, 0.2) is 0 Å². The number of rotatable bonds is 4. The molecule has 1 aromatic rings. The third-order valence-electron chi connectivity index (χ3n) is 3.40. The Morgan fingerprint density at radius 3 is 3.16 bits per heavy atom. The van der Waals surface area contributed by atoms with Crippen LogP contribution in [0, 0.1) is 0 Å². The monoisotopic (exact) mass is 261 g/mol. The zero-order valence-electron chi connectivity index (χ0n) is 11.0. The summed E-state index contributed by atoms with van der Waals surface area (Å²) < 4.78 is 11.1. The molecule has 0 radical (unpaired) electrons. The molecule has 1 aromatic heterocycles. The molecule has 0 saturated carbocycles. The number of nitrogens with zero attached hydrogens (tertiary/aromatic N) is 2.